The molecule has 1 aliphatic rings. The molecule has 8 nitrogen and oxygen atoms in total. The first-order valence-electron chi connectivity index (χ1n) is 11.8. The van der Waals surface area contributed by atoms with Crippen LogP contribution in [0.25, 0.3) is 16.6 Å². The van der Waals surface area contributed by atoms with Crippen molar-refractivity contribution in [2.24, 2.45) is 0 Å². The highest BCUT2D eigenvalue weighted by Crippen LogP contribution is 2.31. The highest BCUT2D eigenvalue weighted by atomic mass is 16.5. The van der Waals surface area contributed by atoms with E-state index in [1.54, 1.807) is 49.4 Å². The SMILES string of the molecule is COC(=O)c1ccc(N2CCCC2)c(NC(=O)c2ccc(-n3c(C)nc4ccccc4c3=O)cc2)c1. The van der Waals surface area contributed by atoms with Gasteiger partial charge in [0.2, 0.25) is 0 Å². The minimum absolute atomic E-state index is 0.162. The van der Waals surface area contributed by atoms with Crippen LogP contribution in [-0.4, -0.2) is 41.6 Å². The lowest BCUT2D eigenvalue weighted by Crippen LogP contribution is -2.23. The van der Waals surface area contributed by atoms with E-state index in [0.29, 0.717) is 39.2 Å². The number of carbonyl (C=O) groups excluding carboxylic acids is 2. The Kier molecular flexibility index (Phi) is 6.25. The second-order valence-electron chi connectivity index (χ2n) is 8.74. The Labute approximate surface area is 208 Å². The van der Waals surface area contributed by atoms with Gasteiger partial charge in [0.15, 0.2) is 0 Å². The number of aromatic nitrogens is 2. The summed E-state index contributed by atoms with van der Waals surface area (Å²) in [5, 5.41) is 3.49. The molecule has 0 aliphatic carbocycles. The minimum Gasteiger partial charge on any atom is -0.465 e. The molecule has 1 fully saturated rings. The molecule has 1 aliphatic heterocycles. The van der Waals surface area contributed by atoms with Gasteiger partial charge in [-0.2, -0.15) is 0 Å². The van der Waals surface area contributed by atoms with Crippen molar-refractivity contribution < 1.29 is 14.3 Å². The van der Waals surface area contributed by atoms with Crippen molar-refractivity contribution in [2.75, 3.05) is 30.4 Å². The first kappa shape index (κ1) is 23.3. The number of esters is 1. The van der Waals surface area contributed by atoms with Crippen molar-refractivity contribution in [3.05, 3.63) is 94.0 Å². The van der Waals surface area contributed by atoms with E-state index in [9.17, 15) is 14.4 Å². The minimum atomic E-state index is -0.465. The maximum Gasteiger partial charge on any atom is 0.337 e. The van der Waals surface area contributed by atoms with E-state index in [1.807, 2.05) is 24.3 Å². The standard InChI is InChI=1S/C28H26N4O4/c1-18-29-23-8-4-3-7-22(23)27(34)32(18)21-12-9-19(10-13-21)26(33)30-24-17-20(28(35)36-2)11-14-25(24)31-15-5-6-16-31/h3-4,7-14,17H,5-6,15-16H2,1-2H3,(H,30,33). The van der Waals surface area contributed by atoms with Crippen LogP contribution in [0.4, 0.5) is 11.4 Å². The molecule has 0 radical (unpaired) electrons. The number of para-hydroxylation sites is 1. The molecule has 36 heavy (non-hydrogen) atoms. The number of aryl methyl sites for hydroxylation is 1. The number of nitrogens with one attached hydrogen (secondary N) is 1. The summed E-state index contributed by atoms with van der Waals surface area (Å²) in [6, 6.07) is 19.2. The lowest BCUT2D eigenvalue weighted by atomic mass is 10.1. The summed E-state index contributed by atoms with van der Waals surface area (Å²) in [6.45, 7) is 3.56. The van der Waals surface area contributed by atoms with Crippen LogP contribution < -0.4 is 15.8 Å². The fraction of sp³-hybridized carbons (Fsp3) is 0.214. The zero-order chi connectivity index (χ0) is 25.2. The third kappa shape index (κ3) is 4.33. The molecule has 1 saturated heterocycles. The number of nitrogens with zero attached hydrogens (tertiary/aromatic N) is 3. The maximum atomic E-state index is 13.2. The molecule has 0 unspecified atom stereocenters. The van der Waals surface area contributed by atoms with Gasteiger partial charge in [0.25, 0.3) is 11.5 Å². The van der Waals surface area contributed by atoms with Crippen LogP contribution in [0, 0.1) is 6.92 Å². The average molecular weight is 483 g/mol. The van der Waals surface area contributed by atoms with Gasteiger partial charge in [0.05, 0.1) is 40.6 Å². The van der Waals surface area contributed by atoms with E-state index in [0.717, 1.165) is 31.6 Å². The molecule has 5 rings (SSSR count). The normalized spacial score (nSPS) is 13.1. The van der Waals surface area contributed by atoms with Gasteiger partial charge < -0.3 is 15.0 Å². The topological polar surface area (TPSA) is 93.5 Å². The predicted molar refractivity (Wildman–Crippen MR) is 139 cm³/mol. The van der Waals surface area contributed by atoms with Crippen LogP contribution in [-0.2, 0) is 4.74 Å². The molecule has 0 spiro atoms. The molecule has 1 amide bonds. The second kappa shape index (κ2) is 9.65. The van der Waals surface area contributed by atoms with Crippen molar-refractivity contribution >= 4 is 34.2 Å². The molecule has 1 aromatic heterocycles. The molecule has 0 bridgehead atoms. The lowest BCUT2D eigenvalue weighted by Gasteiger charge is -2.22. The molecule has 182 valence electrons. The van der Waals surface area contributed by atoms with E-state index >= 15 is 0 Å². The quantitative estimate of drug-likeness (QED) is 0.426. The molecule has 1 N–H and O–H groups in total. The van der Waals surface area contributed by atoms with Gasteiger partial charge in [-0.3, -0.25) is 14.2 Å². The molecule has 8 heteroatoms. The van der Waals surface area contributed by atoms with Crippen LogP contribution in [0.2, 0.25) is 0 Å². The van der Waals surface area contributed by atoms with Crippen LogP contribution in [0.3, 0.4) is 0 Å². The Morgan fingerprint density at radius 2 is 1.64 bits per heavy atom. The van der Waals surface area contributed by atoms with Crippen molar-refractivity contribution in [1.82, 2.24) is 9.55 Å². The summed E-state index contributed by atoms with van der Waals surface area (Å²) < 4.78 is 6.39. The number of hydrogen-bond acceptors (Lipinski definition) is 6. The number of carbonyl (C=O) groups is 2. The Balaban J connectivity index is 1.44. The summed E-state index contributed by atoms with van der Waals surface area (Å²) in [4.78, 5) is 45.1. The smallest absolute Gasteiger partial charge is 0.337 e. The fourth-order valence-corrected chi connectivity index (χ4v) is 4.62. The number of benzene rings is 3. The van der Waals surface area contributed by atoms with E-state index in [-0.39, 0.29) is 11.5 Å². The van der Waals surface area contributed by atoms with Crippen molar-refractivity contribution in [3.63, 3.8) is 0 Å². The number of hydrogen-bond donors (Lipinski definition) is 1. The van der Waals surface area contributed by atoms with Crippen molar-refractivity contribution in [2.45, 2.75) is 19.8 Å². The molecule has 0 atom stereocenters. The van der Waals surface area contributed by atoms with Crippen LogP contribution in [0.15, 0.2) is 71.5 Å². The maximum absolute atomic E-state index is 13.2. The number of amides is 1. The predicted octanol–water partition coefficient (Wildman–Crippen LogP) is 4.33. The van der Waals surface area contributed by atoms with Gasteiger partial charge in [-0.25, -0.2) is 9.78 Å². The van der Waals surface area contributed by atoms with Crippen LogP contribution in [0.5, 0.6) is 0 Å². The molecule has 3 aromatic carbocycles. The van der Waals surface area contributed by atoms with Gasteiger partial charge in [0.1, 0.15) is 5.82 Å². The average Bonchev–Trinajstić information content (AvgIpc) is 3.43. The fourth-order valence-electron chi connectivity index (χ4n) is 4.62. The molecule has 2 heterocycles. The third-order valence-corrected chi connectivity index (χ3v) is 6.44. The van der Waals surface area contributed by atoms with Gasteiger partial charge in [0, 0.05) is 18.7 Å². The molecular formula is C28H26N4O4. The van der Waals surface area contributed by atoms with Gasteiger partial charge in [-0.05, 0) is 74.4 Å². The number of anilines is 2. The van der Waals surface area contributed by atoms with Crippen LogP contribution >= 0.6 is 0 Å². The second-order valence-corrected chi connectivity index (χ2v) is 8.74. The van der Waals surface area contributed by atoms with Gasteiger partial charge >= 0.3 is 5.97 Å². The molecule has 4 aromatic rings. The highest BCUT2D eigenvalue weighted by molar-refractivity contribution is 6.07. The summed E-state index contributed by atoms with van der Waals surface area (Å²) in [5.74, 6) is -0.219. The Morgan fingerprint density at radius 1 is 0.944 bits per heavy atom. The molecular weight excluding hydrogens is 456 g/mol. The van der Waals surface area contributed by atoms with Crippen molar-refractivity contribution in [3.8, 4) is 5.69 Å². The summed E-state index contributed by atoms with van der Waals surface area (Å²) in [6.07, 6.45) is 2.16. The zero-order valence-electron chi connectivity index (χ0n) is 20.2. The van der Waals surface area contributed by atoms with E-state index < -0.39 is 5.97 Å². The summed E-state index contributed by atoms with van der Waals surface area (Å²) in [5.41, 5.74) is 3.33. The largest absolute Gasteiger partial charge is 0.465 e. The van der Waals surface area contributed by atoms with Crippen LogP contribution in [0.1, 0.15) is 39.4 Å². The number of fused-ring (bicyclic) bond motifs is 1. The number of rotatable bonds is 5. The summed E-state index contributed by atoms with van der Waals surface area (Å²) >= 11 is 0. The first-order chi connectivity index (χ1) is 17.5. The Bertz CT molecular complexity index is 1520. The third-order valence-electron chi connectivity index (χ3n) is 6.44. The highest BCUT2D eigenvalue weighted by Gasteiger charge is 2.20. The number of ether oxygens (including phenoxy) is 1. The van der Waals surface area contributed by atoms with E-state index in [1.165, 1.54) is 11.7 Å². The lowest BCUT2D eigenvalue weighted by molar-refractivity contribution is 0.0600. The van der Waals surface area contributed by atoms with E-state index in [4.69, 9.17) is 4.74 Å². The first-order valence-corrected chi connectivity index (χ1v) is 11.8. The van der Waals surface area contributed by atoms with Crippen molar-refractivity contribution in [1.29, 1.82) is 0 Å². The number of methoxy groups -OCH3 is 1. The van der Waals surface area contributed by atoms with E-state index in [2.05, 4.69) is 15.2 Å². The Hall–Kier alpha value is -4.46. The zero-order valence-corrected chi connectivity index (χ0v) is 20.2. The van der Waals surface area contributed by atoms with Gasteiger partial charge in [-0.1, -0.05) is 12.1 Å². The monoisotopic (exact) mass is 482 g/mol. The molecule has 0 saturated carbocycles. The van der Waals surface area contributed by atoms with Gasteiger partial charge in [-0.15, -0.1) is 0 Å². The summed E-state index contributed by atoms with van der Waals surface area (Å²) in [7, 11) is 1.33. The Morgan fingerprint density at radius 3 is 2.36 bits per heavy atom.